The van der Waals surface area contributed by atoms with Crippen molar-refractivity contribution in [3.05, 3.63) is 35.9 Å². The number of nitrogens with one attached hydrogen (secondary N) is 2. The molecule has 160 valence electrons. The molecule has 6 heteroatoms. The minimum atomic E-state index is 0.0635. The van der Waals surface area contributed by atoms with Gasteiger partial charge >= 0.3 is 0 Å². The summed E-state index contributed by atoms with van der Waals surface area (Å²) in [4.78, 5) is 21.7. The van der Waals surface area contributed by atoms with E-state index in [0.29, 0.717) is 6.04 Å². The Morgan fingerprint density at radius 1 is 1.21 bits per heavy atom. The number of guanidine groups is 1. The van der Waals surface area contributed by atoms with Crippen molar-refractivity contribution in [3.8, 4) is 0 Å². The molecule has 2 atom stereocenters. The Morgan fingerprint density at radius 2 is 2.00 bits per heavy atom. The number of aliphatic imine (C=N–C) groups is 1. The molecule has 6 nitrogen and oxygen atoms in total. The first kappa shape index (κ1) is 21.6. The third-order valence-electron chi connectivity index (χ3n) is 5.87. The highest BCUT2D eigenvalue weighted by Crippen LogP contribution is 2.20. The molecule has 0 aromatic heterocycles. The number of amides is 1. The maximum Gasteiger partial charge on any atom is 0.225 e. The van der Waals surface area contributed by atoms with Gasteiger partial charge < -0.3 is 15.5 Å². The van der Waals surface area contributed by atoms with Crippen LogP contribution in [-0.2, 0) is 11.3 Å². The highest BCUT2D eigenvalue weighted by atomic mass is 16.2. The second-order valence-electron chi connectivity index (χ2n) is 8.54. The van der Waals surface area contributed by atoms with Crippen molar-refractivity contribution < 1.29 is 4.79 Å². The number of nitrogens with zero attached hydrogens (tertiary/aromatic N) is 3. The summed E-state index contributed by atoms with van der Waals surface area (Å²) in [6.07, 6.45) is 3.42. The quantitative estimate of drug-likeness (QED) is 0.546. The zero-order chi connectivity index (χ0) is 20.6. The largest absolute Gasteiger partial charge is 0.357 e. The van der Waals surface area contributed by atoms with Gasteiger partial charge in [0, 0.05) is 44.2 Å². The van der Waals surface area contributed by atoms with E-state index in [1.54, 1.807) is 0 Å². The highest BCUT2D eigenvalue weighted by Gasteiger charge is 2.28. The molecule has 0 bridgehead atoms. The molecule has 1 aromatic carbocycles. The summed E-state index contributed by atoms with van der Waals surface area (Å²) in [6, 6.07) is 11.5. The molecular weight excluding hydrogens is 362 g/mol. The first-order chi connectivity index (χ1) is 14.1. The lowest BCUT2D eigenvalue weighted by molar-refractivity contribution is -0.133. The van der Waals surface area contributed by atoms with E-state index >= 15 is 0 Å². The molecule has 0 saturated carbocycles. The van der Waals surface area contributed by atoms with Gasteiger partial charge in [-0.05, 0) is 38.3 Å². The SMILES string of the molecule is CCNC(=NCC1CCCN1Cc1ccccc1)NC1CCN(C(=O)C(C)C)C1. The average molecular weight is 400 g/mol. The van der Waals surface area contributed by atoms with Crippen molar-refractivity contribution in [2.75, 3.05) is 32.7 Å². The number of likely N-dealkylation sites (tertiary alicyclic amines) is 2. The van der Waals surface area contributed by atoms with Crippen molar-refractivity contribution >= 4 is 11.9 Å². The smallest absolute Gasteiger partial charge is 0.225 e. The Hall–Kier alpha value is -2.08. The van der Waals surface area contributed by atoms with Crippen LogP contribution in [0.1, 0.15) is 45.6 Å². The van der Waals surface area contributed by atoms with E-state index in [1.165, 1.54) is 18.4 Å². The van der Waals surface area contributed by atoms with Crippen molar-refractivity contribution in [1.29, 1.82) is 0 Å². The maximum atomic E-state index is 12.2. The van der Waals surface area contributed by atoms with Gasteiger partial charge in [0.15, 0.2) is 5.96 Å². The molecule has 29 heavy (non-hydrogen) atoms. The summed E-state index contributed by atoms with van der Waals surface area (Å²) >= 11 is 0. The standard InChI is InChI=1S/C23H37N5O/c1-4-24-23(26-20-12-14-28(17-20)22(29)18(2)3)25-15-21-11-8-13-27(21)16-19-9-6-5-7-10-19/h5-7,9-10,18,20-21H,4,8,11-17H2,1-3H3,(H2,24,25,26). The molecule has 0 aliphatic carbocycles. The number of hydrogen-bond acceptors (Lipinski definition) is 3. The summed E-state index contributed by atoms with van der Waals surface area (Å²) in [6.45, 7) is 11.4. The fourth-order valence-corrected chi connectivity index (χ4v) is 4.28. The van der Waals surface area contributed by atoms with E-state index < -0.39 is 0 Å². The van der Waals surface area contributed by atoms with Gasteiger partial charge in [-0.25, -0.2) is 0 Å². The molecule has 1 amide bonds. The summed E-state index contributed by atoms with van der Waals surface area (Å²) < 4.78 is 0. The predicted molar refractivity (Wildman–Crippen MR) is 119 cm³/mol. The molecule has 2 saturated heterocycles. The molecular formula is C23H37N5O. The molecule has 0 spiro atoms. The lowest BCUT2D eigenvalue weighted by Gasteiger charge is -2.24. The van der Waals surface area contributed by atoms with Gasteiger partial charge in [-0.3, -0.25) is 14.7 Å². The fraction of sp³-hybridized carbons (Fsp3) is 0.652. The first-order valence-corrected chi connectivity index (χ1v) is 11.2. The second-order valence-corrected chi connectivity index (χ2v) is 8.54. The second kappa shape index (κ2) is 10.6. The van der Waals surface area contributed by atoms with E-state index in [9.17, 15) is 4.79 Å². The molecule has 2 aliphatic rings. The van der Waals surface area contributed by atoms with E-state index in [4.69, 9.17) is 4.99 Å². The minimum Gasteiger partial charge on any atom is -0.357 e. The molecule has 0 radical (unpaired) electrons. The Morgan fingerprint density at radius 3 is 2.72 bits per heavy atom. The van der Waals surface area contributed by atoms with Gasteiger partial charge in [-0.2, -0.15) is 0 Å². The Bertz CT molecular complexity index is 675. The number of carbonyl (C=O) groups excluding carboxylic acids is 1. The number of carbonyl (C=O) groups is 1. The van der Waals surface area contributed by atoms with Crippen molar-refractivity contribution in [3.63, 3.8) is 0 Å². The van der Waals surface area contributed by atoms with Crippen LogP contribution in [0.5, 0.6) is 0 Å². The maximum absolute atomic E-state index is 12.2. The van der Waals surface area contributed by atoms with E-state index in [1.807, 2.05) is 18.7 Å². The lowest BCUT2D eigenvalue weighted by atomic mass is 10.2. The fourth-order valence-electron chi connectivity index (χ4n) is 4.28. The van der Waals surface area contributed by atoms with E-state index in [-0.39, 0.29) is 17.9 Å². The third-order valence-corrected chi connectivity index (χ3v) is 5.87. The third kappa shape index (κ3) is 6.20. The predicted octanol–water partition coefficient (Wildman–Crippen LogP) is 2.46. The van der Waals surface area contributed by atoms with Gasteiger partial charge in [0.1, 0.15) is 0 Å². The van der Waals surface area contributed by atoms with Crippen molar-refractivity contribution in [2.24, 2.45) is 10.9 Å². The molecule has 2 unspecified atom stereocenters. The van der Waals surface area contributed by atoms with Crippen LogP contribution in [-0.4, -0.2) is 66.5 Å². The zero-order valence-corrected chi connectivity index (χ0v) is 18.2. The van der Waals surface area contributed by atoms with Crippen molar-refractivity contribution in [1.82, 2.24) is 20.4 Å². The van der Waals surface area contributed by atoms with Crippen LogP contribution in [0.4, 0.5) is 0 Å². The van der Waals surface area contributed by atoms with Crippen LogP contribution in [0.3, 0.4) is 0 Å². The topological polar surface area (TPSA) is 60.0 Å². The monoisotopic (exact) mass is 399 g/mol. The summed E-state index contributed by atoms with van der Waals surface area (Å²) in [5, 5.41) is 6.94. The molecule has 2 aliphatic heterocycles. The lowest BCUT2D eigenvalue weighted by Crippen LogP contribution is -2.46. The Balaban J connectivity index is 1.54. The summed E-state index contributed by atoms with van der Waals surface area (Å²) in [5.74, 6) is 1.19. The van der Waals surface area contributed by atoms with E-state index in [0.717, 1.165) is 51.6 Å². The van der Waals surface area contributed by atoms with Crippen LogP contribution < -0.4 is 10.6 Å². The first-order valence-electron chi connectivity index (χ1n) is 11.2. The van der Waals surface area contributed by atoms with Crippen LogP contribution in [0.2, 0.25) is 0 Å². The van der Waals surface area contributed by atoms with Crippen molar-refractivity contribution in [2.45, 2.75) is 58.7 Å². The van der Waals surface area contributed by atoms with Gasteiger partial charge in [0.2, 0.25) is 5.91 Å². The molecule has 1 aromatic rings. The summed E-state index contributed by atoms with van der Waals surface area (Å²) in [7, 11) is 0. The van der Waals surface area contributed by atoms with Crippen LogP contribution in [0.25, 0.3) is 0 Å². The highest BCUT2D eigenvalue weighted by molar-refractivity contribution is 5.81. The Kier molecular flexibility index (Phi) is 7.92. The molecule has 3 rings (SSSR count). The van der Waals surface area contributed by atoms with Crippen LogP contribution in [0.15, 0.2) is 35.3 Å². The molecule has 2 heterocycles. The van der Waals surface area contributed by atoms with E-state index in [2.05, 4.69) is 52.8 Å². The number of benzene rings is 1. The van der Waals surface area contributed by atoms with Gasteiger partial charge in [-0.15, -0.1) is 0 Å². The normalized spacial score (nSPS) is 23.0. The molecule has 2 fully saturated rings. The van der Waals surface area contributed by atoms with Gasteiger partial charge in [-0.1, -0.05) is 44.2 Å². The average Bonchev–Trinajstić information content (AvgIpc) is 3.36. The Labute approximate surface area is 175 Å². The van der Waals surface area contributed by atoms with Gasteiger partial charge in [0.25, 0.3) is 0 Å². The van der Waals surface area contributed by atoms with Crippen LogP contribution >= 0.6 is 0 Å². The summed E-state index contributed by atoms with van der Waals surface area (Å²) in [5.41, 5.74) is 1.37. The molecule has 2 N–H and O–H groups in total. The van der Waals surface area contributed by atoms with Crippen LogP contribution in [0, 0.1) is 5.92 Å². The number of hydrogen-bond donors (Lipinski definition) is 2. The van der Waals surface area contributed by atoms with Gasteiger partial charge in [0.05, 0.1) is 6.54 Å². The number of rotatable bonds is 7. The zero-order valence-electron chi connectivity index (χ0n) is 18.2. The minimum absolute atomic E-state index is 0.0635.